The Morgan fingerprint density at radius 2 is 2.00 bits per heavy atom. The number of halogens is 1. The van der Waals surface area contributed by atoms with Crippen molar-refractivity contribution in [2.24, 2.45) is 0 Å². The minimum absolute atomic E-state index is 0.129. The van der Waals surface area contributed by atoms with E-state index in [-0.39, 0.29) is 18.3 Å². The number of aromatic nitrogens is 2. The van der Waals surface area contributed by atoms with Crippen molar-refractivity contribution >= 4 is 27.5 Å². The maximum Gasteiger partial charge on any atom is 0.265 e. The zero-order valence-electron chi connectivity index (χ0n) is 15.8. The highest BCUT2D eigenvalue weighted by Gasteiger charge is 2.29. The minimum Gasteiger partial charge on any atom is -0.322 e. The normalized spacial score (nSPS) is 13.5. The van der Waals surface area contributed by atoms with Crippen LogP contribution in [-0.2, 0) is 6.54 Å². The summed E-state index contributed by atoms with van der Waals surface area (Å²) in [4.78, 5) is 25.7. The van der Waals surface area contributed by atoms with Crippen LogP contribution in [0.5, 0.6) is 0 Å². The maximum atomic E-state index is 13.3. The van der Waals surface area contributed by atoms with Gasteiger partial charge in [0.2, 0.25) is 0 Å². The number of thiophene rings is 1. The average Bonchev–Trinajstić information content (AvgIpc) is 3.46. The van der Waals surface area contributed by atoms with Gasteiger partial charge in [0, 0.05) is 17.8 Å². The number of nitrogens with zero attached hydrogens (tertiary/aromatic N) is 3. The summed E-state index contributed by atoms with van der Waals surface area (Å²) < 4.78 is 13.2. The van der Waals surface area contributed by atoms with Crippen molar-refractivity contribution in [2.45, 2.75) is 39.2 Å². The van der Waals surface area contributed by atoms with E-state index in [2.05, 4.69) is 10.9 Å². The second kappa shape index (κ2) is 7.33. The van der Waals surface area contributed by atoms with Gasteiger partial charge in [-0.3, -0.25) is 4.79 Å². The molecule has 1 aliphatic rings. The summed E-state index contributed by atoms with van der Waals surface area (Å²) in [6, 6.07) is 6.11. The van der Waals surface area contributed by atoms with Crippen LogP contribution >= 0.6 is 11.3 Å². The Hall–Kier alpha value is -2.78. The lowest BCUT2D eigenvalue weighted by Crippen LogP contribution is -2.30. The minimum atomic E-state index is -0.306. The summed E-state index contributed by atoms with van der Waals surface area (Å²) in [6.45, 7) is 4.42. The van der Waals surface area contributed by atoms with E-state index in [9.17, 15) is 9.18 Å². The number of terminal acetylenes is 1. The quantitative estimate of drug-likeness (QED) is 0.595. The molecule has 0 bridgehead atoms. The van der Waals surface area contributed by atoms with Crippen molar-refractivity contribution in [1.29, 1.82) is 0 Å². The molecule has 0 saturated heterocycles. The fourth-order valence-corrected chi connectivity index (χ4v) is 4.56. The Morgan fingerprint density at radius 1 is 1.29 bits per heavy atom. The van der Waals surface area contributed by atoms with Crippen LogP contribution in [0.4, 0.5) is 4.39 Å². The summed E-state index contributed by atoms with van der Waals surface area (Å²) in [5, 5.41) is 0.959. The summed E-state index contributed by atoms with van der Waals surface area (Å²) in [5.74, 6) is 3.46. The zero-order chi connectivity index (χ0) is 19.8. The fraction of sp³-hybridized carbons (Fsp3) is 0.318. The number of benzene rings is 1. The first-order valence-electron chi connectivity index (χ1n) is 9.22. The van der Waals surface area contributed by atoms with E-state index in [0.29, 0.717) is 17.3 Å². The molecule has 0 spiro atoms. The molecule has 0 unspecified atom stereocenters. The van der Waals surface area contributed by atoms with E-state index in [1.54, 1.807) is 17.0 Å². The van der Waals surface area contributed by atoms with Crippen LogP contribution in [-0.4, -0.2) is 27.3 Å². The predicted octanol–water partition coefficient (Wildman–Crippen LogP) is 4.60. The van der Waals surface area contributed by atoms with Gasteiger partial charge in [-0.2, -0.15) is 0 Å². The number of hydrogen-bond donors (Lipinski definition) is 0. The molecule has 1 fully saturated rings. The molecule has 1 aromatic carbocycles. The molecule has 1 aliphatic carbocycles. The van der Waals surface area contributed by atoms with Gasteiger partial charge in [0.05, 0.1) is 17.1 Å². The third-order valence-electron chi connectivity index (χ3n) is 4.98. The summed E-state index contributed by atoms with van der Waals surface area (Å²) in [7, 11) is 0. The monoisotopic (exact) mass is 393 g/mol. The molecular formula is C22H20FN3OS. The first kappa shape index (κ1) is 18.6. The number of hydrogen-bond acceptors (Lipinski definition) is 4. The Kier molecular flexibility index (Phi) is 4.86. The largest absolute Gasteiger partial charge is 0.322 e. The molecule has 1 saturated carbocycles. The number of amides is 1. The second-order valence-corrected chi connectivity index (χ2v) is 8.17. The molecule has 2 aromatic heterocycles. The van der Waals surface area contributed by atoms with Crippen LogP contribution in [0, 0.1) is 32.0 Å². The van der Waals surface area contributed by atoms with Crippen molar-refractivity contribution < 1.29 is 9.18 Å². The fourth-order valence-electron chi connectivity index (χ4n) is 3.35. The van der Waals surface area contributed by atoms with Gasteiger partial charge in [0.25, 0.3) is 5.91 Å². The molecular weight excluding hydrogens is 373 g/mol. The van der Waals surface area contributed by atoms with Crippen LogP contribution in [0.15, 0.2) is 24.3 Å². The summed E-state index contributed by atoms with van der Waals surface area (Å²) >= 11 is 1.40. The molecule has 28 heavy (non-hydrogen) atoms. The van der Waals surface area contributed by atoms with Gasteiger partial charge < -0.3 is 4.90 Å². The summed E-state index contributed by atoms with van der Waals surface area (Å²) in [5.41, 5.74) is 2.64. The molecule has 2 heterocycles. The molecule has 142 valence electrons. The Bertz CT molecular complexity index is 1090. The molecule has 0 atom stereocenters. The molecule has 0 radical (unpaired) electrons. The van der Waals surface area contributed by atoms with Gasteiger partial charge in [0.1, 0.15) is 16.5 Å². The van der Waals surface area contributed by atoms with Gasteiger partial charge >= 0.3 is 0 Å². The predicted molar refractivity (Wildman–Crippen MR) is 109 cm³/mol. The van der Waals surface area contributed by atoms with Crippen LogP contribution < -0.4 is 0 Å². The van der Waals surface area contributed by atoms with E-state index < -0.39 is 0 Å². The number of fused-ring (bicyclic) bond motifs is 1. The number of carbonyl (C=O) groups excluding carboxylic acids is 1. The van der Waals surface area contributed by atoms with Crippen molar-refractivity contribution in [3.63, 3.8) is 0 Å². The molecule has 1 amide bonds. The van der Waals surface area contributed by atoms with E-state index in [0.717, 1.165) is 45.7 Å². The number of aryl methyl sites for hydroxylation is 2. The number of rotatable bonds is 5. The highest BCUT2D eigenvalue weighted by Crippen LogP contribution is 2.40. The van der Waals surface area contributed by atoms with E-state index in [1.165, 1.54) is 23.5 Å². The van der Waals surface area contributed by atoms with Gasteiger partial charge in [-0.1, -0.05) is 18.1 Å². The lowest BCUT2D eigenvalue weighted by molar-refractivity contribution is 0.0770. The van der Waals surface area contributed by atoms with E-state index in [4.69, 9.17) is 11.4 Å². The van der Waals surface area contributed by atoms with E-state index >= 15 is 0 Å². The van der Waals surface area contributed by atoms with Crippen molar-refractivity contribution in [3.8, 4) is 12.3 Å². The maximum absolute atomic E-state index is 13.3. The van der Waals surface area contributed by atoms with Crippen molar-refractivity contribution in [3.05, 3.63) is 57.6 Å². The topological polar surface area (TPSA) is 46.1 Å². The lowest BCUT2D eigenvalue weighted by atomic mass is 10.1. The number of carbonyl (C=O) groups is 1. The second-order valence-electron chi connectivity index (χ2n) is 7.17. The van der Waals surface area contributed by atoms with Crippen molar-refractivity contribution in [2.75, 3.05) is 6.54 Å². The molecule has 4 rings (SSSR count). The molecule has 0 aliphatic heterocycles. The van der Waals surface area contributed by atoms with Crippen LogP contribution in [0.3, 0.4) is 0 Å². The molecule has 6 heteroatoms. The lowest BCUT2D eigenvalue weighted by Gasteiger charge is -2.20. The average molecular weight is 393 g/mol. The van der Waals surface area contributed by atoms with Crippen LogP contribution in [0.2, 0.25) is 0 Å². The van der Waals surface area contributed by atoms with Gasteiger partial charge in [-0.05, 0) is 49.9 Å². The smallest absolute Gasteiger partial charge is 0.265 e. The Labute approximate surface area is 167 Å². The Morgan fingerprint density at radius 3 is 2.64 bits per heavy atom. The van der Waals surface area contributed by atoms with Gasteiger partial charge in [-0.25, -0.2) is 14.4 Å². The highest BCUT2D eigenvalue weighted by atomic mass is 32.1. The van der Waals surface area contributed by atoms with Crippen LogP contribution in [0.25, 0.3) is 10.2 Å². The third kappa shape index (κ3) is 3.50. The standard InChI is InChI=1S/C22H20FN3OS/c1-4-11-26(12-15-5-9-17(23)10-6-15)22(27)19-13(2)18-14(3)24-20(16-7-8-16)25-21(18)28-19/h1,5-6,9-10,16H,7-8,11-12H2,2-3H3. The van der Waals surface area contributed by atoms with Gasteiger partial charge in [0.15, 0.2) is 0 Å². The van der Waals surface area contributed by atoms with Crippen LogP contribution in [0.1, 0.15) is 51.1 Å². The summed E-state index contributed by atoms with van der Waals surface area (Å²) in [6.07, 6.45) is 7.76. The SMILES string of the molecule is C#CCN(Cc1ccc(F)cc1)C(=O)c1sc2nc(C3CC3)nc(C)c2c1C. The first-order chi connectivity index (χ1) is 13.5. The third-order valence-corrected chi connectivity index (χ3v) is 6.15. The molecule has 0 N–H and O–H groups in total. The first-order valence-corrected chi connectivity index (χ1v) is 10.0. The molecule has 4 nitrogen and oxygen atoms in total. The highest BCUT2D eigenvalue weighted by molar-refractivity contribution is 7.20. The van der Waals surface area contributed by atoms with E-state index in [1.807, 2.05) is 13.8 Å². The van der Waals surface area contributed by atoms with Gasteiger partial charge in [-0.15, -0.1) is 17.8 Å². The molecule has 3 aromatic rings. The zero-order valence-corrected chi connectivity index (χ0v) is 16.6. The van der Waals surface area contributed by atoms with Crippen molar-refractivity contribution in [1.82, 2.24) is 14.9 Å². The Balaban J connectivity index is 1.69.